The van der Waals surface area contributed by atoms with Crippen LogP contribution in [0.5, 0.6) is 0 Å². The summed E-state index contributed by atoms with van der Waals surface area (Å²) in [4.78, 5) is 38.9. The van der Waals surface area contributed by atoms with E-state index in [9.17, 15) is 14.4 Å². The van der Waals surface area contributed by atoms with Gasteiger partial charge in [0.05, 0.1) is 11.6 Å². The van der Waals surface area contributed by atoms with Gasteiger partial charge in [-0.3, -0.25) is 19.5 Å². The zero-order chi connectivity index (χ0) is 19.7. The van der Waals surface area contributed by atoms with Gasteiger partial charge in [0, 0.05) is 24.0 Å². The number of hydrogen-bond donors (Lipinski definition) is 2. The highest BCUT2D eigenvalue weighted by Crippen LogP contribution is 2.24. The minimum absolute atomic E-state index is 0.112. The molecule has 0 aliphatic carbocycles. The molecule has 4 rings (SSSR count). The molecule has 1 aliphatic heterocycles. The number of aromatic amines is 1. The monoisotopic (exact) mass is 376 g/mol. The Morgan fingerprint density at radius 2 is 2.00 bits per heavy atom. The Hall–Kier alpha value is -3.48. The lowest BCUT2D eigenvalue weighted by atomic mass is 10.1. The van der Waals surface area contributed by atoms with Crippen LogP contribution in [0.1, 0.15) is 41.9 Å². The first-order chi connectivity index (χ1) is 13.5. The van der Waals surface area contributed by atoms with Crippen LogP contribution in [0.4, 0.5) is 5.69 Å². The molecule has 7 nitrogen and oxygen atoms in total. The minimum atomic E-state index is -0.540. The molecular weight excluding hydrogens is 356 g/mol. The molecule has 1 saturated heterocycles. The molecular formula is C21H20N4O3. The van der Waals surface area contributed by atoms with Crippen LogP contribution in [0.2, 0.25) is 0 Å². The van der Waals surface area contributed by atoms with Gasteiger partial charge in [0.1, 0.15) is 0 Å². The van der Waals surface area contributed by atoms with Crippen LogP contribution >= 0.6 is 0 Å². The van der Waals surface area contributed by atoms with Crippen LogP contribution in [-0.4, -0.2) is 28.6 Å². The first-order valence-electron chi connectivity index (χ1n) is 9.23. The van der Waals surface area contributed by atoms with Crippen molar-refractivity contribution in [2.24, 2.45) is 0 Å². The topological polar surface area (TPSA) is 95.2 Å². The summed E-state index contributed by atoms with van der Waals surface area (Å²) in [6, 6.07) is 14.1. The molecule has 0 saturated carbocycles. The third-order valence-corrected chi connectivity index (χ3v) is 4.99. The van der Waals surface area contributed by atoms with E-state index in [1.165, 1.54) is 0 Å². The Kier molecular flexibility index (Phi) is 4.65. The number of aromatic nitrogens is 2. The van der Waals surface area contributed by atoms with E-state index < -0.39 is 11.3 Å². The normalized spacial score (nSPS) is 15.0. The molecule has 1 aliphatic rings. The van der Waals surface area contributed by atoms with Crippen LogP contribution in [0, 0.1) is 0 Å². The SMILES string of the molecule is CC(NC(=O)c1n[nH]c2ccccc2c1=O)c1cccc(N2CCCC2=O)c1. The highest BCUT2D eigenvalue weighted by atomic mass is 16.2. The standard InChI is InChI=1S/C21H20N4O3/c1-13(14-6-4-7-15(12-14)25-11-5-10-18(25)26)22-21(28)19-20(27)16-8-2-3-9-17(16)23-24-19/h2-4,6-9,12-13H,5,10-11H2,1H3,(H,22,28)(H,23,27). The van der Waals surface area contributed by atoms with Crippen LogP contribution in [-0.2, 0) is 4.79 Å². The van der Waals surface area contributed by atoms with E-state index in [1.807, 2.05) is 31.2 Å². The fourth-order valence-electron chi connectivity index (χ4n) is 3.46. The summed E-state index contributed by atoms with van der Waals surface area (Å²) in [5, 5.41) is 9.93. The fourth-order valence-corrected chi connectivity index (χ4v) is 3.46. The lowest BCUT2D eigenvalue weighted by molar-refractivity contribution is -0.117. The van der Waals surface area contributed by atoms with Crippen LogP contribution in [0.25, 0.3) is 10.9 Å². The zero-order valence-electron chi connectivity index (χ0n) is 15.4. The summed E-state index contributed by atoms with van der Waals surface area (Å²) in [5.74, 6) is -0.428. The van der Waals surface area contributed by atoms with Crippen molar-refractivity contribution in [1.82, 2.24) is 15.5 Å². The molecule has 3 aromatic rings. The molecule has 1 unspecified atom stereocenters. The number of fused-ring (bicyclic) bond motifs is 1. The highest BCUT2D eigenvalue weighted by Gasteiger charge is 2.23. The van der Waals surface area contributed by atoms with Crippen molar-refractivity contribution in [3.63, 3.8) is 0 Å². The first kappa shape index (κ1) is 17.9. The zero-order valence-corrected chi connectivity index (χ0v) is 15.4. The number of carbonyl (C=O) groups excluding carboxylic acids is 2. The van der Waals surface area contributed by atoms with Gasteiger partial charge in [-0.1, -0.05) is 24.3 Å². The number of anilines is 1. The predicted molar refractivity (Wildman–Crippen MR) is 106 cm³/mol. The molecule has 2 amide bonds. The van der Waals surface area contributed by atoms with Crippen molar-refractivity contribution in [1.29, 1.82) is 0 Å². The van der Waals surface area contributed by atoms with Gasteiger partial charge in [-0.05, 0) is 43.2 Å². The van der Waals surface area contributed by atoms with Gasteiger partial charge in [-0.2, -0.15) is 5.10 Å². The van der Waals surface area contributed by atoms with Crippen molar-refractivity contribution in [2.45, 2.75) is 25.8 Å². The van der Waals surface area contributed by atoms with Gasteiger partial charge in [0.15, 0.2) is 5.69 Å². The van der Waals surface area contributed by atoms with Gasteiger partial charge >= 0.3 is 0 Å². The average molecular weight is 376 g/mol. The summed E-state index contributed by atoms with van der Waals surface area (Å²) >= 11 is 0. The van der Waals surface area contributed by atoms with Gasteiger partial charge < -0.3 is 10.2 Å². The molecule has 1 aromatic heterocycles. The quantitative estimate of drug-likeness (QED) is 0.731. The van der Waals surface area contributed by atoms with E-state index >= 15 is 0 Å². The molecule has 1 atom stereocenters. The van der Waals surface area contributed by atoms with Crippen LogP contribution in [0.15, 0.2) is 53.3 Å². The Balaban J connectivity index is 1.56. The number of hydrogen-bond acceptors (Lipinski definition) is 4. The van der Waals surface area contributed by atoms with Gasteiger partial charge in [0.2, 0.25) is 11.3 Å². The lowest BCUT2D eigenvalue weighted by Gasteiger charge is -2.19. The molecule has 142 valence electrons. The maximum Gasteiger partial charge on any atom is 0.276 e. The molecule has 2 heterocycles. The Labute approximate surface area is 161 Å². The van der Waals surface area contributed by atoms with Gasteiger partial charge in [-0.25, -0.2) is 0 Å². The molecule has 0 spiro atoms. The van der Waals surface area contributed by atoms with Gasteiger partial charge in [-0.15, -0.1) is 0 Å². The summed E-state index contributed by atoms with van der Waals surface area (Å²) in [6.45, 7) is 2.54. The summed E-state index contributed by atoms with van der Waals surface area (Å²) in [5.41, 5.74) is 1.68. The number of rotatable bonds is 4. The highest BCUT2D eigenvalue weighted by molar-refractivity contribution is 5.96. The summed E-state index contributed by atoms with van der Waals surface area (Å²) in [6.07, 6.45) is 1.42. The number of carbonyl (C=O) groups is 2. The molecule has 1 fully saturated rings. The fraction of sp³-hybridized carbons (Fsp3) is 0.238. The number of H-pyrrole nitrogens is 1. The van der Waals surface area contributed by atoms with E-state index in [4.69, 9.17) is 0 Å². The summed E-state index contributed by atoms with van der Waals surface area (Å²) < 4.78 is 0. The predicted octanol–water partition coefficient (Wildman–Crippen LogP) is 2.54. The second kappa shape index (κ2) is 7.26. The lowest BCUT2D eigenvalue weighted by Crippen LogP contribution is -2.32. The second-order valence-electron chi connectivity index (χ2n) is 6.89. The van der Waals surface area contributed by atoms with E-state index in [0.717, 1.165) is 17.7 Å². The van der Waals surface area contributed by atoms with Crippen molar-refractivity contribution in [3.8, 4) is 0 Å². The molecule has 2 aromatic carbocycles. The van der Waals surface area contributed by atoms with E-state index in [0.29, 0.717) is 23.9 Å². The molecule has 7 heteroatoms. The van der Waals surface area contributed by atoms with Crippen molar-refractivity contribution >= 4 is 28.4 Å². The number of amides is 2. The maximum atomic E-state index is 12.6. The second-order valence-corrected chi connectivity index (χ2v) is 6.89. The van der Waals surface area contributed by atoms with E-state index in [1.54, 1.807) is 29.2 Å². The minimum Gasteiger partial charge on any atom is -0.344 e. The largest absolute Gasteiger partial charge is 0.344 e. The molecule has 2 N–H and O–H groups in total. The van der Waals surface area contributed by atoms with Crippen molar-refractivity contribution < 1.29 is 9.59 Å². The maximum absolute atomic E-state index is 12.6. The molecule has 28 heavy (non-hydrogen) atoms. The average Bonchev–Trinajstić information content (AvgIpc) is 3.14. The molecule has 0 radical (unpaired) electrons. The number of para-hydroxylation sites is 1. The van der Waals surface area contributed by atoms with Crippen molar-refractivity contribution in [3.05, 3.63) is 70.0 Å². The van der Waals surface area contributed by atoms with Crippen LogP contribution < -0.4 is 15.6 Å². The van der Waals surface area contributed by atoms with E-state index in [2.05, 4.69) is 15.5 Å². The Bertz CT molecular complexity index is 1120. The number of nitrogens with zero attached hydrogens (tertiary/aromatic N) is 2. The van der Waals surface area contributed by atoms with Crippen molar-refractivity contribution in [2.75, 3.05) is 11.4 Å². The Morgan fingerprint density at radius 3 is 2.79 bits per heavy atom. The third kappa shape index (κ3) is 3.26. The van der Waals surface area contributed by atoms with Gasteiger partial charge in [0.25, 0.3) is 5.91 Å². The number of benzene rings is 2. The molecule has 0 bridgehead atoms. The first-order valence-corrected chi connectivity index (χ1v) is 9.23. The van der Waals surface area contributed by atoms with Crippen LogP contribution in [0.3, 0.4) is 0 Å². The Morgan fingerprint density at radius 1 is 1.18 bits per heavy atom. The summed E-state index contributed by atoms with van der Waals surface area (Å²) in [7, 11) is 0. The third-order valence-electron chi connectivity index (χ3n) is 4.99. The smallest absolute Gasteiger partial charge is 0.276 e. The van der Waals surface area contributed by atoms with E-state index in [-0.39, 0.29) is 17.6 Å². The number of nitrogens with one attached hydrogen (secondary N) is 2.